The fourth-order valence-corrected chi connectivity index (χ4v) is 2.65. The van der Waals surface area contributed by atoms with Crippen LogP contribution in [0.25, 0.3) is 0 Å². The number of carbonyl (C=O) groups is 1. The van der Waals surface area contributed by atoms with Gasteiger partial charge in [0, 0.05) is 13.2 Å². The van der Waals surface area contributed by atoms with Crippen LogP contribution in [0.2, 0.25) is 5.22 Å². The van der Waals surface area contributed by atoms with Crippen molar-refractivity contribution in [1.29, 1.82) is 0 Å². The van der Waals surface area contributed by atoms with Gasteiger partial charge in [0.25, 0.3) is 0 Å². The number of hydrogen-bond acceptors (Lipinski definition) is 3. The van der Waals surface area contributed by atoms with Crippen LogP contribution in [0.15, 0.2) is 16.5 Å². The molecule has 0 saturated carbocycles. The van der Waals surface area contributed by atoms with Crippen LogP contribution in [0, 0.1) is 5.41 Å². The average molecular weight is 320 g/mol. The molecule has 6 heteroatoms. The zero-order valence-corrected chi connectivity index (χ0v) is 13.2. The predicted molar refractivity (Wildman–Crippen MR) is 78.0 cm³/mol. The summed E-state index contributed by atoms with van der Waals surface area (Å²) in [7, 11) is 0. The third-order valence-corrected chi connectivity index (χ3v) is 4.20. The molecule has 1 fully saturated rings. The summed E-state index contributed by atoms with van der Waals surface area (Å²) in [6, 6.07) is 3.42. The first kappa shape index (κ1) is 15.7. The Morgan fingerprint density at radius 3 is 2.75 bits per heavy atom. The highest BCUT2D eigenvalue weighted by molar-refractivity contribution is 6.28. The number of rotatable bonds is 5. The van der Waals surface area contributed by atoms with E-state index in [0.29, 0.717) is 24.1 Å². The van der Waals surface area contributed by atoms with Crippen molar-refractivity contribution in [2.45, 2.75) is 32.9 Å². The van der Waals surface area contributed by atoms with Gasteiger partial charge in [0.05, 0.1) is 12.6 Å². The smallest absolute Gasteiger partial charge is 0.237 e. The van der Waals surface area contributed by atoms with Crippen LogP contribution in [-0.2, 0) is 16.1 Å². The van der Waals surface area contributed by atoms with E-state index in [9.17, 15) is 4.79 Å². The van der Waals surface area contributed by atoms with E-state index in [4.69, 9.17) is 32.4 Å². The van der Waals surface area contributed by atoms with Gasteiger partial charge in [-0.05, 0) is 35.6 Å². The molecule has 4 nitrogen and oxygen atoms in total. The van der Waals surface area contributed by atoms with Crippen LogP contribution in [-0.4, -0.2) is 35.9 Å². The van der Waals surface area contributed by atoms with Crippen LogP contribution in [0.5, 0.6) is 0 Å². The van der Waals surface area contributed by atoms with Crippen molar-refractivity contribution in [3.05, 3.63) is 23.1 Å². The molecule has 1 saturated heterocycles. The maximum absolute atomic E-state index is 12.0. The van der Waals surface area contributed by atoms with Gasteiger partial charge < -0.3 is 14.1 Å². The van der Waals surface area contributed by atoms with Gasteiger partial charge in [-0.1, -0.05) is 13.8 Å². The van der Waals surface area contributed by atoms with E-state index >= 15 is 0 Å². The van der Waals surface area contributed by atoms with Crippen molar-refractivity contribution in [3.8, 4) is 0 Å². The summed E-state index contributed by atoms with van der Waals surface area (Å²) < 4.78 is 11.1. The second-order valence-corrected chi connectivity index (χ2v) is 6.35. The van der Waals surface area contributed by atoms with Gasteiger partial charge in [0.15, 0.2) is 5.22 Å². The molecule has 1 aromatic heterocycles. The second kappa shape index (κ2) is 6.37. The van der Waals surface area contributed by atoms with E-state index in [2.05, 4.69) is 13.8 Å². The summed E-state index contributed by atoms with van der Waals surface area (Å²) in [5, 5.41) is 0.315. The Hall–Kier alpha value is -0.710. The monoisotopic (exact) mass is 319 g/mol. The zero-order chi connectivity index (χ0) is 14.8. The summed E-state index contributed by atoms with van der Waals surface area (Å²) >= 11 is 11.4. The van der Waals surface area contributed by atoms with E-state index in [1.165, 1.54) is 0 Å². The molecule has 0 aliphatic carbocycles. The van der Waals surface area contributed by atoms with Crippen molar-refractivity contribution < 1.29 is 13.9 Å². The number of hydrogen-bond donors (Lipinski definition) is 0. The van der Waals surface area contributed by atoms with Gasteiger partial charge in [-0.25, -0.2) is 0 Å². The molecule has 0 aromatic carbocycles. The minimum atomic E-state index is -0.134. The largest absolute Gasteiger partial charge is 0.448 e. The molecule has 1 aliphatic rings. The molecule has 0 bridgehead atoms. The molecule has 0 N–H and O–H groups in total. The van der Waals surface area contributed by atoms with E-state index in [-0.39, 0.29) is 23.3 Å². The Labute approximate surface area is 129 Å². The molecule has 1 aromatic rings. The van der Waals surface area contributed by atoms with Crippen LogP contribution >= 0.6 is 23.2 Å². The topological polar surface area (TPSA) is 42.7 Å². The lowest BCUT2D eigenvalue weighted by Gasteiger charge is -2.31. The van der Waals surface area contributed by atoms with Crippen molar-refractivity contribution in [2.24, 2.45) is 5.41 Å². The Kier molecular flexibility index (Phi) is 4.99. The molecule has 20 heavy (non-hydrogen) atoms. The quantitative estimate of drug-likeness (QED) is 0.782. The molecule has 0 spiro atoms. The van der Waals surface area contributed by atoms with E-state index in [0.717, 1.165) is 13.0 Å². The molecule has 2 rings (SSSR count). The lowest BCUT2D eigenvalue weighted by atomic mass is 9.85. The van der Waals surface area contributed by atoms with Gasteiger partial charge in [-0.2, -0.15) is 0 Å². The van der Waals surface area contributed by atoms with Gasteiger partial charge >= 0.3 is 0 Å². The third kappa shape index (κ3) is 3.68. The lowest BCUT2D eigenvalue weighted by molar-refractivity contribution is -0.131. The van der Waals surface area contributed by atoms with E-state index in [1.54, 1.807) is 17.0 Å². The Balaban J connectivity index is 2.06. The first-order valence-corrected chi connectivity index (χ1v) is 7.53. The molecule has 112 valence electrons. The standard InChI is InChI=1S/C14H19Cl2NO3/c1-14(2)5-6-19-11(14)9-17(13(18)7-15)8-10-3-4-12(16)20-10/h3-4,11H,5-9H2,1-2H3. The molecular formula is C14H19Cl2NO3. The molecule has 1 aliphatic heterocycles. The van der Waals surface area contributed by atoms with Crippen molar-refractivity contribution >= 4 is 29.1 Å². The zero-order valence-electron chi connectivity index (χ0n) is 11.7. The SMILES string of the molecule is CC1(C)CCOC1CN(Cc1ccc(Cl)o1)C(=O)CCl. The van der Waals surface area contributed by atoms with E-state index in [1.807, 2.05) is 0 Å². The number of carbonyl (C=O) groups excluding carboxylic acids is 1. The summed E-state index contributed by atoms with van der Waals surface area (Å²) in [5.74, 6) is 0.455. The van der Waals surface area contributed by atoms with Crippen LogP contribution in [0.1, 0.15) is 26.0 Å². The first-order valence-electron chi connectivity index (χ1n) is 6.62. The Bertz CT molecular complexity index is 473. The summed E-state index contributed by atoms with van der Waals surface area (Å²) in [6.45, 7) is 5.90. The minimum Gasteiger partial charge on any atom is -0.448 e. The number of amides is 1. The number of halogens is 2. The molecule has 2 heterocycles. The summed E-state index contributed by atoms with van der Waals surface area (Å²) in [6.07, 6.45) is 1.01. The highest BCUT2D eigenvalue weighted by Crippen LogP contribution is 2.34. The van der Waals surface area contributed by atoms with Crippen LogP contribution in [0.3, 0.4) is 0 Å². The van der Waals surface area contributed by atoms with Crippen molar-refractivity contribution in [3.63, 3.8) is 0 Å². The summed E-state index contributed by atoms with van der Waals surface area (Å²) in [4.78, 5) is 13.7. The highest BCUT2D eigenvalue weighted by atomic mass is 35.5. The Morgan fingerprint density at radius 2 is 2.25 bits per heavy atom. The molecule has 1 amide bonds. The lowest BCUT2D eigenvalue weighted by Crippen LogP contribution is -2.42. The van der Waals surface area contributed by atoms with Gasteiger partial charge in [0.1, 0.15) is 11.6 Å². The first-order chi connectivity index (χ1) is 9.42. The van der Waals surface area contributed by atoms with Gasteiger partial charge in [-0.15, -0.1) is 11.6 Å². The summed E-state index contributed by atoms with van der Waals surface area (Å²) in [5.41, 5.74) is 0.0612. The second-order valence-electron chi connectivity index (χ2n) is 5.71. The minimum absolute atomic E-state index is 0.0140. The van der Waals surface area contributed by atoms with Crippen molar-refractivity contribution in [1.82, 2.24) is 4.90 Å². The molecular weight excluding hydrogens is 301 g/mol. The van der Waals surface area contributed by atoms with Crippen molar-refractivity contribution in [2.75, 3.05) is 19.0 Å². The predicted octanol–water partition coefficient (Wildman–Crippen LogP) is 3.32. The molecule has 1 atom stereocenters. The number of alkyl halides is 1. The van der Waals surface area contributed by atoms with Crippen LogP contribution in [0.4, 0.5) is 0 Å². The number of nitrogens with zero attached hydrogens (tertiary/aromatic N) is 1. The molecule has 1 unspecified atom stereocenters. The van der Waals surface area contributed by atoms with Gasteiger partial charge in [0.2, 0.25) is 5.91 Å². The van der Waals surface area contributed by atoms with E-state index < -0.39 is 0 Å². The number of ether oxygens (including phenoxy) is 1. The third-order valence-electron chi connectivity index (χ3n) is 3.77. The maximum Gasteiger partial charge on any atom is 0.237 e. The highest BCUT2D eigenvalue weighted by Gasteiger charge is 2.37. The van der Waals surface area contributed by atoms with Gasteiger partial charge in [-0.3, -0.25) is 4.79 Å². The maximum atomic E-state index is 12.0. The molecule has 0 radical (unpaired) electrons. The van der Waals surface area contributed by atoms with Crippen LogP contribution < -0.4 is 0 Å². The fourth-order valence-electron chi connectivity index (χ4n) is 2.31. The Morgan fingerprint density at radius 1 is 1.50 bits per heavy atom. The average Bonchev–Trinajstić information content (AvgIpc) is 2.94. The number of furan rings is 1. The fraction of sp³-hybridized carbons (Fsp3) is 0.643. The normalized spacial score (nSPS) is 21.1.